The molecule has 8 heteroatoms. The molecule has 1 aromatic heterocycles. The van der Waals surface area contributed by atoms with Gasteiger partial charge in [0.05, 0.1) is 13.3 Å². The van der Waals surface area contributed by atoms with Crippen molar-refractivity contribution in [1.29, 1.82) is 0 Å². The van der Waals surface area contributed by atoms with Gasteiger partial charge in [-0.1, -0.05) is 42.5 Å². The number of anilines is 1. The maximum Gasteiger partial charge on any atom is 0.279 e. The summed E-state index contributed by atoms with van der Waals surface area (Å²) >= 11 is 0. The van der Waals surface area contributed by atoms with Gasteiger partial charge >= 0.3 is 0 Å². The van der Waals surface area contributed by atoms with Crippen LogP contribution >= 0.6 is 0 Å². The second kappa shape index (κ2) is 10.9. The number of aromatic hydroxyl groups is 1. The highest BCUT2D eigenvalue weighted by atomic mass is 16.5. The summed E-state index contributed by atoms with van der Waals surface area (Å²) in [5.41, 5.74) is 1.99. The Kier molecular flexibility index (Phi) is 7.32. The second-order valence-corrected chi connectivity index (χ2v) is 7.66. The van der Waals surface area contributed by atoms with Gasteiger partial charge in [-0.2, -0.15) is 0 Å². The third-order valence-electron chi connectivity index (χ3n) is 5.38. The fourth-order valence-corrected chi connectivity index (χ4v) is 3.62. The van der Waals surface area contributed by atoms with Crippen LogP contribution in [-0.4, -0.2) is 34.0 Å². The minimum Gasteiger partial charge on any atom is -0.508 e. The molecule has 0 aliphatic heterocycles. The first kappa shape index (κ1) is 23.4. The Labute approximate surface area is 202 Å². The average Bonchev–Trinajstić information content (AvgIpc) is 2.92. The summed E-state index contributed by atoms with van der Waals surface area (Å²) in [5.74, 6) is -0.243. The van der Waals surface area contributed by atoms with Gasteiger partial charge in [0.1, 0.15) is 23.2 Å². The van der Waals surface area contributed by atoms with Crippen LogP contribution < -0.4 is 15.0 Å². The van der Waals surface area contributed by atoms with Crippen LogP contribution in [0.2, 0.25) is 0 Å². The summed E-state index contributed by atoms with van der Waals surface area (Å²) in [6, 6.07) is 21.4. The van der Waals surface area contributed by atoms with Crippen molar-refractivity contribution in [2.24, 2.45) is 0 Å². The van der Waals surface area contributed by atoms with Gasteiger partial charge in [0.15, 0.2) is 0 Å². The number of phenolic OH excluding ortho intramolecular Hbond substituents is 1. The monoisotopic (exact) mass is 468 g/mol. The molecule has 0 spiro atoms. The molecule has 4 rings (SSSR count). The van der Waals surface area contributed by atoms with E-state index in [2.05, 4.69) is 15.3 Å². The third kappa shape index (κ3) is 5.62. The molecular weight excluding hydrogens is 444 g/mol. The van der Waals surface area contributed by atoms with E-state index in [1.165, 1.54) is 35.6 Å². The first-order valence-corrected chi connectivity index (χ1v) is 10.9. The van der Waals surface area contributed by atoms with Crippen molar-refractivity contribution in [3.63, 3.8) is 0 Å². The molecule has 8 nitrogen and oxygen atoms in total. The van der Waals surface area contributed by atoms with Gasteiger partial charge in [-0.05, 0) is 47.5 Å². The molecule has 0 aliphatic rings. The summed E-state index contributed by atoms with van der Waals surface area (Å²) in [4.78, 5) is 36.9. The van der Waals surface area contributed by atoms with Crippen molar-refractivity contribution in [2.75, 3.05) is 12.0 Å². The quantitative estimate of drug-likeness (QED) is 0.407. The topological polar surface area (TPSA) is 105 Å². The molecule has 0 saturated heterocycles. The number of carbonyl (C=O) groups is 2. The molecule has 4 aromatic rings. The molecule has 2 N–H and O–H groups in total. The van der Waals surface area contributed by atoms with Gasteiger partial charge in [0, 0.05) is 24.6 Å². The molecule has 35 heavy (non-hydrogen) atoms. The molecule has 2 amide bonds. The first-order valence-electron chi connectivity index (χ1n) is 10.9. The normalized spacial score (nSPS) is 11.3. The lowest BCUT2D eigenvalue weighted by Gasteiger charge is -2.31. The van der Waals surface area contributed by atoms with Crippen molar-refractivity contribution in [3.05, 3.63) is 114 Å². The van der Waals surface area contributed by atoms with Gasteiger partial charge in [-0.3, -0.25) is 19.5 Å². The van der Waals surface area contributed by atoms with Crippen LogP contribution in [-0.2, 0) is 11.3 Å². The Bertz CT molecular complexity index is 1260. The largest absolute Gasteiger partial charge is 0.508 e. The highest BCUT2D eigenvalue weighted by molar-refractivity contribution is 6.09. The number of nitrogens with zero attached hydrogens (tertiary/aromatic N) is 3. The number of nitrogens with one attached hydrogen (secondary N) is 1. The van der Waals surface area contributed by atoms with Gasteiger partial charge in [-0.25, -0.2) is 4.98 Å². The second-order valence-electron chi connectivity index (χ2n) is 7.66. The summed E-state index contributed by atoms with van der Waals surface area (Å²) in [6.07, 6.45) is 4.25. The van der Waals surface area contributed by atoms with Gasteiger partial charge in [0.25, 0.3) is 5.91 Å². The van der Waals surface area contributed by atoms with E-state index < -0.39 is 17.9 Å². The molecule has 0 bridgehead atoms. The van der Waals surface area contributed by atoms with Gasteiger partial charge < -0.3 is 15.2 Å². The Morgan fingerprint density at radius 2 is 1.69 bits per heavy atom. The number of hydrogen-bond donors (Lipinski definition) is 2. The molecule has 0 aliphatic carbocycles. The smallest absolute Gasteiger partial charge is 0.279 e. The van der Waals surface area contributed by atoms with Crippen molar-refractivity contribution < 1.29 is 19.4 Å². The Balaban J connectivity index is 1.78. The van der Waals surface area contributed by atoms with E-state index in [0.717, 1.165) is 5.56 Å². The zero-order valence-corrected chi connectivity index (χ0v) is 19.0. The Morgan fingerprint density at radius 1 is 0.971 bits per heavy atom. The fourth-order valence-electron chi connectivity index (χ4n) is 3.62. The van der Waals surface area contributed by atoms with Crippen molar-refractivity contribution in [2.45, 2.75) is 12.6 Å². The van der Waals surface area contributed by atoms with Crippen molar-refractivity contribution in [3.8, 4) is 11.5 Å². The van der Waals surface area contributed by atoms with E-state index in [1.54, 1.807) is 43.5 Å². The fraction of sp³-hybridized carbons (Fsp3) is 0.111. The number of aromatic nitrogens is 2. The van der Waals surface area contributed by atoms with Crippen molar-refractivity contribution in [1.82, 2.24) is 15.3 Å². The molecule has 176 valence electrons. The number of rotatable bonds is 8. The minimum absolute atomic E-state index is 0.0495. The SMILES string of the molecule is COc1ccc(N(C(=O)c2cnccn2)[C@@H](C(=O)NCc2ccccc2)c2ccc(O)cc2)cc1. The van der Waals surface area contributed by atoms with E-state index in [1.807, 2.05) is 30.3 Å². The Morgan fingerprint density at radius 3 is 2.31 bits per heavy atom. The minimum atomic E-state index is -1.05. The van der Waals surface area contributed by atoms with Crippen LogP contribution in [0, 0.1) is 0 Å². The summed E-state index contributed by atoms with van der Waals surface area (Å²) in [7, 11) is 1.55. The summed E-state index contributed by atoms with van der Waals surface area (Å²) in [6.45, 7) is 0.282. The summed E-state index contributed by atoms with van der Waals surface area (Å²) < 4.78 is 5.25. The van der Waals surface area contributed by atoms with Crippen molar-refractivity contribution >= 4 is 17.5 Å². The Hall–Kier alpha value is -4.72. The van der Waals surface area contributed by atoms with E-state index in [0.29, 0.717) is 17.0 Å². The van der Waals surface area contributed by atoms with E-state index in [-0.39, 0.29) is 18.0 Å². The standard InChI is InChI=1S/C27H24N4O4/c1-35-23-13-9-21(10-14-23)31(27(34)24-18-28-15-16-29-24)25(20-7-11-22(32)12-8-20)26(33)30-17-19-5-3-2-4-6-19/h2-16,18,25,32H,17H2,1H3,(H,30,33)/t25-/m1/s1. The maximum absolute atomic E-state index is 13.7. The lowest BCUT2D eigenvalue weighted by molar-refractivity contribution is -0.122. The van der Waals surface area contributed by atoms with E-state index in [4.69, 9.17) is 4.74 Å². The molecule has 0 radical (unpaired) electrons. The van der Waals surface area contributed by atoms with Crippen LogP contribution in [0.1, 0.15) is 27.7 Å². The molecule has 3 aromatic carbocycles. The average molecular weight is 469 g/mol. The molecule has 0 saturated carbocycles. The highest BCUT2D eigenvalue weighted by Crippen LogP contribution is 2.31. The van der Waals surface area contributed by atoms with E-state index in [9.17, 15) is 14.7 Å². The molecular formula is C27H24N4O4. The number of amides is 2. The maximum atomic E-state index is 13.7. The number of ether oxygens (including phenoxy) is 1. The molecule has 0 fully saturated rings. The number of methoxy groups -OCH3 is 1. The first-order chi connectivity index (χ1) is 17.1. The predicted molar refractivity (Wildman–Crippen MR) is 131 cm³/mol. The van der Waals surface area contributed by atoms with Gasteiger partial charge in [0.2, 0.25) is 5.91 Å². The number of carbonyl (C=O) groups excluding carboxylic acids is 2. The van der Waals surface area contributed by atoms with Crippen LogP contribution in [0.25, 0.3) is 0 Å². The third-order valence-corrected chi connectivity index (χ3v) is 5.38. The zero-order valence-electron chi connectivity index (χ0n) is 19.0. The van der Waals surface area contributed by atoms with E-state index >= 15 is 0 Å². The van der Waals surface area contributed by atoms with Crippen LogP contribution in [0.5, 0.6) is 11.5 Å². The van der Waals surface area contributed by atoms with Crippen LogP contribution in [0.4, 0.5) is 5.69 Å². The molecule has 1 heterocycles. The predicted octanol–water partition coefficient (Wildman–Crippen LogP) is 3.90. The number of benzene rings is 3. The lowest BCUT2D eigenvalue weighted by atomic mass is 10.0. The number of phenols is 1. The zero-order chi connectivity index (χ0) is 24.6. The summed E-state index contributed by atoms with van der Waals surface area (Å²) in [5, 5.41) is 12.8. The van der Waals surface area contributed by atoms with Crippen LogP contribution in [0.3, 0.4) is 0 Å². The van der Waals surface area contributed by atoms with Gasteiger partial charge in [-0.15, -0.1) is 0 Å². The number of hydrogen-bond acceptors (Lipinski definition) is 6. The van der Waals surface area contributed by atoms with Crippen LogP contribution in [0.15, 0.2) is 97.5 Å². The lowest BCUT2D eigenvalue weighted by Crippen LogP contribution is -2.44. The molecule has 1 atom stereocenters. The molecule has 0 unspecified atom stereocenters. The highest BCUT2D eigenvalue weighted by Gasteiger charge is 2.34.